The Balaban J connectivity index is 2.14. The molecular weight excluding hydrogens is 202 g/mol. The molecule has 1 aliphatic heterocycles. The van der Waals surface area contributed by atoms with Crippen molar-refractivity contribution in [2.75, 3.05) is 33.2 Å². The minimum atomic E-state index is 0.124. The Morgan fingerprint density at radius 2 is 2.19 bits per heavy atom. The molecule has 1 aliphatic rings. The Morgan fingerprint density at radius 3 is 2.94 bits per heavy atom. The molecule has 1 atom stereocenters. The fourth-order valence-electron chi connectivity index (χ4n) is 2.01. The number of nitrogens with one attached hydrogen (secondary N) is 2. The molecule has 0 aromatic heterocycles. The topological polar surface area (TPSA) is 44.4 Å². The van der Waals surface area contributed by atoms with E-state index >= 15 is 0 Å². The molecule has 0 aromatic rings. The Labute approximate surface area is 98.8 Å². The molecule has 1 rings (SSSR count). The molecule has 0 aliphatic carbocycles. The van der Waals surface area contributed by atoms with Gasteiger partial charge in [-0.3, -0.25) is 4.79 Å². The van der Waals surface area contributed by atoms with E-state index in [1.807, 2.05) is 0 Å². The van der Waals surface area contributed by atoms with Gasteiger partial charge in [-0.1, -0.05) is 6.92 Å². The van der Waals surface area contributed by atoms with Crippen LogP contribution in [0.25, 0.3) is 0 Å². The van der Waals surface area contributed by atoms with Crippen LogP contribution in [0, 0.1) is 0 Å². The third kappa shape index (κ3) is 5.47. The molecule has 0 aromatic carbocycles. The second-order valence-electron chi connectivity index (χ2n) is 4.66. The van der Waals surface area contributed by atoms with Crippen LogP contribution in [-0.2, 0) is 4.79 Å². The Kier molecular flexibility index (Phi) is 6.42. The average Bonchev–Trinajstić information content (AvgIpc) is 2.48. The number of amides is 1. The lowest BCUT2D eigenvalue weighted by Crippen LogP contribution is -2.39. The normalized spacial score (nSPS) is 22.8. The number of nitrogens with zero attached hydrogens (tertiary/aromatic N) is 1. The summed E-state index contributed by atoms with van der Waals surface area (Å²) in [6, 6.07) is 0.511. The molecule has 1 unspecified atom stereocenters. The zero-order chi connectivity index (χ0) is 11.8. The first-order valence-electron chi connectivity index (χ1n) is 6.41. The number of hydrogen-bond acceptors (Lipinski definition) is 3. The molecule has 16 heavy (non-hydrogen) atoms. The van der Waals surface area contributed by atoms with Crippen molar-refractivity contribution in [3.8, 4) is 0 Å². The highest BCUT2D eigenvalue weighted by Gasteiger charge is 2.14. The largest absolute Gasteiger partial charge is 0.355 e. The van der Waals surface area contributed by atoms with Gasteiger partial charge in [0, 0.05) is 12.6 Å². The lowest BCUT2D eigenvalue weighted by molar-refractivity contribution is -0.120. The second kappa shape index (κ2) is 7.63. The molecule has 1 fully saturated rings. The lowest BCUT2D eigenvalue weighted by atomic mass is 10.1. The van der Waals surface area contributed by atoms with Gasteiger partial charge in [-0.2, -0.15) is 0 Å². The highest BCUT2D eigenvalue weighted by molar-refractivity contribution is 5.77. The van der Waals surface area contributed by atoms with Crippen molar-refractivity contribution in [3.05, 3.63) is 0 Å². The zero-order valence-electron chi connectivity index (χ0n) is 10.6. The molecule has 1 amide bonds. The molecule has 0 spiro atoms. The van der Waals surface area contributed by atoms with Gasteiger partial charge in [0.1, 0.15) is 0 Å². The van der Waals surface area contributed by atoms with E-state index in [1.165, 1.54) is 19.4 Å². The number of rotatable bonds is 5. The zero-order valence-corrected chi connectivity index (χ0v) is 10.6. The molecule has 0 bridgehead atoms. The molecule has 94 valence electrons. The predicted octanol–water partition coefficient (Wildman–Crippen LogP) is 0.587. The molecule has 1 saturated heterocycles. The number of carbonyl (C=O) groups excluding carboxylic acids is 1. The van der Waals surface area contributed by atoms with E-state index in [4.69, 9.17) is 0 Å². The fourth-order valence-corrected chi connectivity index (χ4v) is 2.01. The van der Waals surface area contributed by atoms with Crippen molar-refractivity contribution >= 4 is 5.91 Å². The molecule has 0 radical (unpaired) electrons. The minimum absolute atomic E-state index is 0.124. The maximum absolute atomic E-state index is 11.4. The number of likely N-dealkylation sites (tertiary alicyclic amines) is 1. The van der Waals surface area contributed by atoms with Gasteiger partial charge in [0.2, 0.25) is 5.91 Å². The third-order valence-electron chi connectivity index (χ3n) is 3.08. The van der Waals surface area contributed by atoms with Crippen LogP contribution in [0.15, 0.2) is 0 Å². The first-order chi connectivity index (χ1) is 7.72. The number of hydrogen-bond donors (Lipinski definition) is 2. The summed E-state index contributed by atoms with van der Waals surface area (Å²) >= 11 is 0. The predicted molar refractivity (Wildman–Crippen MR) is 66.4 cm³/mol. The van der Waals surface area contributed by atoms with Gasteiger partial charge >= 0.3 is 0 Å². The standard InChI is InChI=1S/C12H25N3O/c1-3-7-13-12(16)10-14-11-5-4-8-15(2)9-6-11/h11,14H,3-10H2,1-2H3,(H,13,16). The van der Waals surface area contributed by atoms with E-state index in [0.717, 1.165) is 25.9 Å². The van der Waals surface area contributed by atoms with Gasteiger partial charge in [-0.05, 0) is 45.8 Å². The first-order valence-corrected chi connectivity index (χ1v) is 6.41. The SMILES string of the molecule is CCCNC(=O)CNC1CCCN(C)CC1. The maximum Gasteiger partial charge on any atom is 0.233 e. The van der Waals surface area contributed by atoms with Gasteiger partial charge in [0.25, 0.3) is 0 Å². The third-order valence-corrected chi connectivity index (χ3v) is 3.08. The van der Waals surface area contributed by atoms with Crippen LogP contribution >= 0.6 is 0 Å². The first kappa shape index (κ1) is 13.5. The van der Waals surface area contributed by atoms with E-state index in [9.17, 15) is 4.79 Å². The lowest BCUT2D eigenvalue weighted by Gasteiger charge is -2.16. The monoisotopic (exact) mass is 227 g/mol. The summed E-state index contributed by atoms with van der Waals surface area (Å²) in [5, 5.41) is 6.24. The van der Waals surface area contributed by atoms with E-state index in [0.29, 0.717) is 12.6 Å². The average molecular weight is 227 g/mol. The van der Waals surface area contributed by atoms with Gasteiger partial charge in [0.15, 0.2) is 0 Å². The van der Waals surface area contributed by atoms with Crippen LogP contribution in [0.1, 0.15) is 32.6 Å². The molecule has 4 heteroatoms. The summed E-state index contributed by atoms with van der Waals surface area (Å²) in [7, 11) is 2.16. The Hall–Kier alpha value is -0.610. The van der Waals surface area contributed by atoms with Gasteiger partial charge in [-0.25, -0.2) is 0 Å². The molecule has 0 saturated carbocycles. The van der Waals surface area contributed by atoms with Gasteiger partial charge in [-0.15, -0.1) is 0 Å². The minimum Gasteiger partial charge on any atom is -0.355 e. The van der Waals surface area contributed by atoms with Gasteiger partial charge in [0.05, 0.1) is 6.54 Å². The van der Waals surface area contributed by atoms with Crippen molar-refractivity contribution in [1.29, 1.82) is 0 Å². The summed E-state index contributed by atoms with van der Waals surface area (Å²) in [4.78, 5) is 13.8. The number of carbonyl (C=O) groups is 1. The van der Waals surface area contributed by atoms with Gasteiger partial charge < -0.3 is 15.5 Å². The Bertz CT molecular complexity index is 208. The summed E-state index contributed by atoms with van der Waals surface area (Å²) in [6.45, 7) is 5.63. The molecular formula is C12H25N3O. The van der Waals surface area contributed by atoms with Crippen molar-refractivity contribution in [1.82, 2.24) is 15.5 Å². The second-order valence-corrected chi connectivity index (χ2v) is 4.66. The molecule has 1 heterocycles. The van der Waals surface area contributed by atoms with Crippen LogP contribution in [0.2, 0.25) is 0 Å². The summed E-state index contributed by atoms with van der Waals surface area (Å²) in [6.07, 6.45) is 4.56. The summed E-state index contributed by atoms with van der Waals surface area (Å²) in [5.74, 6) is 0.124. The van der Waals surface area contributed by atoms with Crippen LogP contribution in [-0.4, -0.2) is 50.1 Å². The smallest absolute Gasteiger partial charge is 0.233 e. The van der Waals surface area contributed by atoms with Crippen molar-refractivity contribution < 1.29 is 4.79 Å². The van der Waals surface area contributed by atoms with Crippen LogP contribution < -0.4 is 10.6 Å². The molecule has 2 N–H and O–H groups in total. The van der Waals surface area contributed by atoms with Crippen molar-refractivity contribution in [2.24, 2.45) is 0 Å². The fraction of sp³-hybridized carbons (Fsp3) is 0.917. The quantitative estimate of drug-likeness (QED) is 0.722. The highest BCUT2D eigenvalue weighted by atomic mass is 16.1. The molecule has 4 nitrogen and oxygen atoms in total. The van der Waals surface area contributed by atoms with E-state index < -0.39 is 0 Å². The van der Waals surface area contributed by atoms with Crippen LogP contribution in [0.4, 0.5) is 0 Å². The van der Waals surface area contributed by atoms with Crippen molar-refractivity contribution in [2.45, 2.75) is 38.6 Å². The summed E-state index contributed by atoms with van der Waals surface area (Å²) in [5.41, 5.74) is 0. The van der Waals surface area contributed by atoms with Crippen molar-refractivity contribution in [3.63, 3.8) is 0 Å². The highest BCUT2D eigenvalue weighted by Crippen LogP contribution is 2.08. The van der Waals surface area contributed by atoms with Crippen LogP contribution in [0.3, 0.4) is 0 Å². The van der Waals surface area contributed by atoms with E-state index in [-0.39, 0.29) is 5.91 Å². The van der Waals surface area contributed by atoms with E-state index in [2.05, 4.69) is 29.5 Å². The maximum atomic E-state index is 11.4. The van der Waals surface area contributed by atoms with E-state index in [1.54, 1.807) is 0 Å². The summed E-state index contributed by atoms with van der Waals surface area (Å²) < 4.78 is 0. The Morgan fingerprint density at radius 1 is 1.38 bits per heavy atom. The van der Waals surface area contributed by atoms with Crippen LogP contribution in [0.5, 0.6) is 0 Å².